The van der Waals surface area contributed by atoms with E-state index < -0.39 is 12.1 Å². The molecule has 0 aliphatic carbocycles. The van der Waals surface area contributed by atoms with E-state index in [2.05, 4.69) is 0 Å². The minimum Gasteiger partial charge on any atom is -0.496 e. The van der Waals surface area contributed by atoms with Gasteiger partial charge in [0.05, 0.1) is 19.3 Å². The van der Waals surface area contributed by atoms with Gasteiger partial charge >= 0.3 is 0 Å². The summed E-state index contributed by atoms with van der Waals surface area (Å²) in [6.45, 7) is 0.0997. The SMILES string of the molecule is COc1ccc(F)cc1C(C(O)CN)N(C)C. The number of nitrogens with two attached hydrogens (primary N) is 1. The van der Waals surface area contributed by atoms with Crippen molar-refractivity contribution in [3.8, 4) is 5.75 Å². The number of ether oxygens (including phenoxy) is 1. The Hall–Kier alpha value is -1.17. The highest BCUT2D eigenvalue weighted by Crippen LogP contribution is 2.31. The van der Waals surface area contributed by atoms with Gasteiger partial charge in [-0.25, -0.2) is 4.39 Å². The summed E-state index contributed by atoms with van der Waals surface area (Å²) in [4.78, 5) is 1.79. The lowest BCUT2D eigenvalue weighted by atomic mass is 9.99. The van der Waals surface area contributed by atoms with Crippen molar-refractivity contribution in [1.82, 2.24) is 4.90 Å². The second-order valence-electron chi connectivity index (χ2n) is 4.10. The minimum absolute atomic E-state index is 0.0997. The average Bonchev–Trinajstić information content (AvgIpc) is 2.29. The van der Waals surface area contributed by atoms with Crippen LogP contribution in [-0.2, 0) is 0 Å². The highest BCUT2D eigenvalue weighted by Gasteiger charge is 2.25. The Labute approximate surface area is 101 Å². The molecule has 0 spiro atoms. The minimum atomic E-state index is -0.777. The molecule has 0 aliphatic heterocycles. The summed E-state index contributed by atoms with van der Waals surface area (Å²) < 4.78 is 18.5. The maximum absolute atomic E-state index is 13.3. The van der Waals surface area contributed by atoms with Gasteiger partial charge in [-0.2, -0.15) is 0 Å². The zero-order valence-corrected chi connectivity index (χ0v) is 10.4. The molecule has 1 aromatic rings. The summed E-state index contributed by atoms with van der Waals surface area (Å²) in [5, 5.41) is 9.91. The molecule has 0 saturated carbocycles. The van der Waals surface area contributed by atoms with Crippen molar-refractivity contribution in [3.63, 3.8) is 0 Å². The van der Waals surface area contributed by atoms with Gasteiger partial charge in [-0.1, -0.05) is 0 Å². The fourth-order valence-corrected chi connectivity index (χ4v) is 1.89. The van der Waals surface area contributed by atoms with Crippen LogP contribution in [0.15, 0.2) is 18.2 Å². The number of aliphatic hydroxyl groups is 1. The van der Waals surface area contributed by atoms with Gasteiger partial charge in [-0.15, -0.1) is 0 Å². The van der Waals surface area contributed by atoms with Gasteiger partial charge in [0, 0.05) is 12.1 Å². The molecule has 0 bridgehead atoms. The Kier molecular flexibility index (Phi) is 4.86. The molecule has 0 heterocycles. The molecule has 1 aromatic carbocycles. The van der Waals surface area contributed by atoms with Gasteiger partial charge in [-0.3, -0.25) is 4.90 Å². The molecule has 2 atom stereocenters. The number of nitrogens with zero attached hydrogens (tertiary/aromatic N) is 1. The molecule has 17 heavy (non-hydrogen) atoms. The maximum Gasteiger partial charge on any atom is 0.123 e. The number of hydrogen-bond acceptors (Lipinski definition) is 4. The lowest BCUT2D eigenvalue weighted by Gasteiger charge is -2.29. The number of likely N-dealkylation sites (N-methyl/N-ethyl adjacent to an activating group) is 1. The predicted molar refractivity (Wildman–Crippen MR) is 64.4 cm³/mol. The molecule has 0 fully saturated rings. The normalized spacial score (nSPS) is 14.8. The van der Waals surface area contributed by atoms with Crippen LogP contribution in [0.2, 0.25) is 0 Å². The first kappa shape index (κ1) is 13.9. The maximum atomic E-state index is 13.3. The lowest BCUT2D eigenvalue weighted by molar-refractivity contribution is 0.0806. The van der Waals surface area contributed by atoms with E-state index in [1.54, 1.807) is 25.1 Å². The second kappa shape index (κ2) is 5.95. The Morgan fingerprint density at radius 1 is 1.47 bits per heavy atom. The third-order valence-electron chi connectivity index (χ3n) is 2.67. The van der Waals surface area contributed by atoms with Crippen molar-refractivity contribution >= 4 is 0 Å². The van der Waals surface area contributed by atoms with E-state index in [1.165, 1.54) is 19.2 Å². The third-order valence-corrected chi connectivity index (χ3v) is 2.67. The van der Waals surface area contributed by atoms with Crippen LogP contribution in [-0.4, -0.2) is 43.9 Å². The zero-order valence-electron chi connectivity index (χ0n) is 10.4. The molecular formula is C12H19FN2O2. The van der Waals surface area contributed by atoms with E-state index in [0.29, 0.717) is 11.3 Å². The quantitative estimate of drug-likeness (QED) is 0.800. The van der Waals surface area contributed by atoms with Gasteiger partial charge < -0.3 is 15.6 Å². The third kappa shape index (κ3) is 3.15. The van der Waals surface area contributed by atoms with Crippen molar-refractivity contribution in [3.05, 3.63) is 29.6 Å². The fourth-order valence-electron chi connectivity index (χ4n) is 1.89. The zero-order chi connectivity index (χ0) is 13.0. The molecule has 0 aliphatic rings. The van der Waals surface area contributed by atoms with Crippen molar-refractivity contribution in [2.45, 2.75) is 12.1 Å². The van der Waals surface area contributed by atoms with E-state index in [9.17, 15) is 9.50 Å². The number of rotatable bonds is 5. The van der Waals surface area contributed by atoms with Gasteiger partial charge in [0.1, 0.15) is 11.6 Å². The molecule has 1 rings (SSSR count). The average molecular weight is 242 g/mol. The van der Waals surface area contributed by atoms with Crippen LogP contribution < -0.4 is 10.5 Å². The van der Waals surface area contributed by atoms with Crippen LogP contribution in [0.4, 0.5) is 4.39 Å². The number of benzene rings is 1. The van der Waals surface area contributed by atoms with Crippen molar-refractivity contribution < 1.29 is 14.2 Å². The Morgan fingerprint density at radius 3 is 2.59 bits per heavy atom. The number of aliphatic hydroxyl groups excluding tert-OH is 1. The molecule has 2 unspecified atom stereocenters. The van der Waals surface area contributed by atoms with Gasteiger partial charge in [0.15, 0.2) is 0 Å². The summed E-state index contributed by atoms with van der Waals surface area (Å²) in [6.07, 6.45) is -0.777. The summed E-state index contributed by atoms with van der Waals surface area (Å²) in [5.41, 5.74) is 6.06. The van der Waals surface area contributed by atoms with Gasteiger partial charge in [-0.05, 0) is 32.3 Å². The summed E-state index contributed by atoms with van der Waals surface area (Å²) in [6, 6.07) is 3.84. The Morgan fingerprint density at radius 2 is 2.12 bits per heavy atom. The van der Waals surface area contributed by atoms with E-state index in [-0.39, 0.29) is 12.4 Å². The predicted octanol–water partition coefficient (Wildman–Crippen LogP) is 0.757. The van der Waals surface area contributed by atoms with Crippen LogP contribution in [0.5, 0.6) is 5.75 Å². The van der Waals surface area contributed by atoms with E-state index in [4.69, 9.17) is 10.5 Å². The molecule has 3 N–H and O–H groups in total. The molecule has 4 nitrogen and oxygen atoms in total. The van der Waals surface area contributed by atoms with Crippen molar-refractivity contribution in [1.29, 1.82) is 0 Å². The monoisotopic (exact) mass is 242 g/mol. The standard InChI is InChI=1S/C12H19FN2O2/c1-15(2)12(10(16)7-14)9-6-8(13)4-5-11(9)17-3/h4-6,10,12,16H,7,14H2,1-3H3. The topological polar surface area (TPSA) is 58.7 Å². The van der Waals surface area contributed by atoms with Crippen LogP contribution in [0, 0.1) is 5.82 Å². The van der Waals surface area contributed by atoms with Crippen LogP contribution in [0.1, 0.15) is 11.6 Å². The molecule has 5 heteroatoms. The molecule has 0 amide bonds. The summed E-state index contributed by atoms with van der Waals surface area (Å²) >= 11 is 0. The van der Waals surface area contributed by atoms with E-state index in [0.717, 1.165) is 0 Å². The van der Waals surface area contributed by atoms with Gasteiger partial charge in [0.25, 0.3) is 0 Å². The van der Waals surface area contributed by atoms with Crippen LogP contribution >= 0.6 is 0 Å². The van der Waals surface area contributed by atoms with Crippen LogP contribution in [0.3, 0.4) is 0 Å². The molecule has 0 radical (unpaired) electrons. The van der Waals surface area contributed by atoms with E-state index in [1.807, 2.05) is 0 Å². The number of hydrogen-bond donors (Lipinski definition) is 2. The highest BCUT2D eigenvalue weighted by atomic mass is 19.1. The molecular weight excluding hydrogens is 223 g/mol. The van der Waals surface area contributed by atoms with Gasteiger partial charge in [0.2, 0.25) is 0 Å². The first-order valence-corrected chi connectivity index (χ1v) is 5.39. The molecule has 96 valence electrons. The first-order valence-electron chi connectivity index (χ1n) is 5.39. The van der Waals surface area contributed by atoms with E-state index >= 15 is 0 Å². The van der Waals surface area contributed by atoms with Crippen LogP contribution in [0.25, 0.3) is 0 Å². The van der Waals surface area contributed by atoms with Crippen molar-refractivity contribution in [2.24, 2.45) is 5.73 Å². The summed E-state index contributed by atoms with van der Waals surface area (Å²) in [7, 11) is 5.11. The molecule has 0 saturated heterocycles. The Bertz CT molecular complexity index is 372. The summed E-state index contributed by atoms with van der Waals surface area (Å²) in [5.74, 6) is 0.175. The fraction of sp³-hybridized carbons (Fsp3) is 0.500. The Balaban J connectivity index is 3.21. The smallest absolute Gasteiger partial charge is 0.123 e. The number of methoxy groups -OCH3 is 1. The first-order chi connectivity index (χ1) is 8.01. The molecule has 0 aromatic heterocycles. The second-order valence-corrected chi connectivity index (χ2v) is 4.10. The van der Waals surface area contributed by atoms with Crippen molar-refractivity contribution in [2.75, 3.05) is 27.7 Å². The largest absolute Gasteiger partial charge is 0.496 e. The highest BCUT2D eigenvalue weighted by molar-refractivity contribution is 5.37. The lowest BCUT2D eigenvalue weighted by Crippen LogP contribution is -2.36. The number of halogens is 1.